The van der Waals surface area contributed by atoms with Crippen molar-refractivity contribution in [2.75, 3.05) is 17.7 Å². The molecule has 1 fully saturated rings. The van der Waals surface area contributed by atoms with Gasteiger partial charge in [0.1, 0.15) is 0 Å². The molecule has 0 spiro atoms. The Bertz CT molecular complexity index is 695. The molecule has 1 heterocycles. The van der Waals surface area contributed by atoms with Gasteiger partial charge in [0.2, 0.25) is 0 Å². The van der Waals surface area contributed by atoms with E-state index in [9.17, 15) is 4.79 Å². The summed E-state index contributed by atoms with van der Waals surface area (Å²) in [5.74, 6) is -0.270. The Kier molecular flexibility index (Phi) is 5.46. The number of benzene rings is 2. The van der Waals surface area contributed by atoms with Gasteiger partial charge in [-0.2, -0.15) is 0 Å². The van der Waals surface area contributed by atoms with Crippen LogP contribution in [0.5, 0.6) is 0 Å². The number of ether oxygens (including phenoxy) is 2. The normalized spacial score (nSPS) is 23.2. The number of nitrogens with one attached hydrogen (secondary N) is 1. The van der Waals surface area contributed by atoms with Gasteiger partial charge in [0.15, 0.2) is 5.79 Å². The number of hydrogen-bond donors (Lipinski definition) is 1. The van der Waals surface area contributed by atoms with E-state index in [1.807, 2.05) is 61.5 Å². The summed E-state index contributed by atoms with van der Waals surface area (Å²) in [6.45, 7) is 2.33. The molecule has 2 aromatic rings. The van der Waals surface area contributed by atoms with Crippen molar-refractivity contribution in [2.24, 2.45) is 0 Å². The van der Waals surface area contributed by atoms with Crippen LogP contribution in [0.4, 0.5) is 10.5 Å². The van der Waals surface area contributed by atoms with Crippen LogP contribution in [-0.2, 0) is 15.3 Å². The van der Waals surface area contributed by atoms with E-state index in [1.54, 1.807) is 0 Å². The minimum absolute atomic E-state index is 0.107. The maximum Gasteiger partial charge on any atom is 0.283 e. The largest absolute Gasteiger partial charge is 0.343 e. The molecule has 0 unspecified atom stereocenters. The van der Waals surface area contributed by atoms with Crippen LogP contribution in [0.1, 0.15) is 12.5 Å². The number of para-hydroxylation sites is 1. The van der Waals surface area contributed by atoms with Gasteiger partial charge in [-0.05, 0) is 31.2 Å². The van der Waals surface area contributed by atoms with E-state index in [4.69, 9.17) is 21.1 Å². The predicted octanol–water partition coefficient (Wildman–Crippen LogP) is 4.89. The van der Waals surface area contributed by atoms with Gasteiger partial charge >= 0.3 is 0 Å². The summed E-state index contributed by atoms with van der Waals surface area (Å²) in [4.78, 5) is 12.0. The van der Waals surface area contributed by atoms with Gasteiger partial charge in [-0.25, -0.2) is 0 Å². The van der Waals surface area contributed by atoms with Gasteiger partial charge in [-0.1, -0.05) is 53.7 Å². The second-order valence-electron chi connectivity index (χ2n) is 5.59. The van der Waals surface area contributed by atoms with Gasteiger partial charge < -0.3 is 14.8 Å². The third kappa shape index (κ3) is 4.30. The van der Waals surface area contributed by atoms with Crippen LogP contribution in [0.15, 0.2) is 54.6 Å². The summed E-state index contributed by atoms with van der Waals surface area (Å²) >= 11 is 7.10. The molecule has 0 bridgehead atoms. The Morgan fingerprint density at radius 2 is 1.96 bits per heavy atom. The second-order valence-corrected chi connectivity index (χ2v) is 7.02. The Labute approximate surface area is 150 Å². The Hall–Kier alpha value is -1.53. The molecule has 1 saturated heterocycles. The molecule has 3 rings (SSSR count). The summed E-state index contributed by atoms with van der Waals surface area (Å²) in [6.07, 6.45) is -0.141. The third-order valence-electron chi connectivity index (χ3n) is 3.73. The minimum atomic E-state index is -0.800. The molecule has 0 saturated carbocycles. The van der Waals surface area contributed by atoms with E-state index in [0.717, 1.165) is 11.3 Å². The van der Waals surface area contributed by atoms with Crippen molar-refractivity contribution >= 4 is 34.3 Å². The highest BCUT2D eigenvalue weighted by Crippen LogP contribution is 2.35. The lowest BCUT2D eigenvalue weighted by Crippen LogP contribution is -2.24. The topological polar surface area (TPSA) is 47.6 Å². The highest BCUT2D eigenvalue weighted by atomic mass is 35.5. The van der Waals surface area contributed by atoms with E-state index in [1.165, 1.54) is 11.8 Å². The first kappa shape index (κ1) is 17.3. The van der Waals surface area contributed by atoms with Crippen molar-refractivity contribution in [1.29, 1.82) is 0 Å². The van der Waals surface area contributed by atoms with Crippen LogP contribution in [0.3, 0.4) is 0 Å². The zero-order valence-electron chi connectivity index (χ0n) is 13.2. The number of anilines is 1. The molecule has 1 aliphatic heterocycles. The lowest BCUT2D eigenvalue weighted by molar-refractivity contribution is -0.159. The zero-order chi connectivity index (χ0) is 17.0. The van der Waals surface area contributed by atoms with Gasteiger partial charge in [-0.15, -0.1) is 0 Å². The average Bonchev–Trinajstić information content (AvgIpc) is 2.97. The van der Waals surface area contributed by atoms with Crippen LogP contribution >= 0.6 is 23.4 Å². The number of carbonyl (C=O) groups is 1. The molecule has 0 aromatic heterocycles. The first-order valence-corrected chi connectivity index (χ1v) is 8.98. The van der Waals surface area contributed by atoms with Crippen molar-refractivity contribution in [3.63, 3.8) is 0 Å². The van der Waals surface area contributed by atoms with Crippen molar-refractivity contribution in [3.8, 4) is 0 Å². The number of carbonyl (C=O) groups excluding carboxylic acids is 1. The number of thioether (sulfide) groups is 1. The summed E-state index contributed by atoms with van der Waals surface area (Å²) in [7, 11) is 0. The molecule has 1 N–H and O–H groups in total. The van der Waals surface area contributed by atoms with Crippen molar-refractivity contribution in [1.82, 2.24) is 0 Å². The molecule has 0 radical (unpaired) electrons. The van der Waals surface area contributed by atoms with Crippen LogP contribution in [-0.4, -0.2) is 23.7 Å². The lowest BCUT2D eigenvalue weighted by Gasteiger charge is -2.23. The summed E-state index contributed by atoms with van der Waals surface area (Å²) in [5.41, 5.74) is 1.69. The Morgan fingerprint density at radius 3 is 2.67 bits per heavy atom. The molecule has 24 heavy (non-hydrogen) atoms. The van der Waals surface area contributed by atoms with E-state index in [2.05, 4.69) is 5.32 Å². The minimum Gasteiger partial charge on any atom is -0.343 e. The fraction of sp³-hybridized carbons (Fsp3) is 0.278. The first-order valence-electron chi connectivity index (χ1n) is 7.62. The molecule has 126 valence electrons. The van der Waals surface area contributed by atoms with E-state index < -0.39 is 5.79 Å². The maximum absolute atomic E-state index is 12.0. The van der Waals surface area contributed by atoms with E-state index >= 15 is 0 Å². The summed E-state index contributed by atoms with van der Waals surface area (Å²) in [6, 6.07) is 16.8. The number of amides is 1. The molecule has 6 heteroatoms. The summed E-state index contributed by atoms with van der Waals surface area (Å²) < 4.78 is 11.8. The van der Waals surface area contributed by atoms with Crippen LogP contribution < -0.4 is 5.32 Å². The SMILES string of the molecule is C[C@]1(c2ccc(Cl)cc2)OC[C@@H](CSC(=O)Nc2ccccc2)O1. The van der Waals surface area contributed by atoms with E-state index in [0.29, 0.717) is 17.4 Å². The lowest BCUT2D eigenvalue weighted by atomic mass is 10.1. The maximum atomic E-state index is 12.0. The van der Waals surface area contributed by atoms with Gasteiger partial charge in [0, 0.05) is 22.0 Å². The Morgan fingerprint density at radius 1 is 1.25 bits per heavy atom. The number of halogens is 1. The monoisotopic (exact) mass is 363 g/mol. The highest BCUT2D eigenvalue weighted by molar-refractivity contribution is 8.13. The fourth-order valence-electron chi connectivity index (χ4n) is 2.47. The molecule has 2 aromatic carbocycles. The molecule has 4 nitrogen and oxygen atoms in total. The highest BCUT2D eigenvalue weighted by Gasteiger charge is 2.38. The first-order chi connectivity index (χ1) is 11.5. The van der Waals surface area contributed by atoms with Crippen molar-refractivity contribution in [3.05, 3.63) is 65.2 Å². The third-order valence-corrected chi connectivity index (χ3v) is 4.88. The average molecular weight is 364 g/mol. The summed E-state index contributed by atoms with van der Waals surface area (Å²) in [5, 5.41) is 3.40. The fourth-order valence-corrected chi connectivity index (χ4v) is 3.29. The van der Waals surface area contributed by atoms with Crippen LogP contribution in [0, 0.1) is 0 Å². The Balaban J connectivity index is 1.51. The molecular weight excluding hydrogens is 346 g/mol. The number of rotatable bonds is 4. The standard InChI is InChI=1S/C18H18ClNO3S/c1-18(13-7-9-14(19)10-8-13)22-11-16(23-18)12-24-17(21)20-15-5-3-2-4-6-15/h2-10,16H,11-12H2,1H3,(H,20,21)/t16-,18-/m0/s1. The van der Waals surface area contributed by atoms with Gasteiger partial charge in [0.05, 0.1) is 12.7 Å². The van der Waals surface area contributed by atoms with Crippen LogP contribution in [0.2, 0.25) is 5.02 Å². The smallest absolute Gasteiger partial charge is 0.283 e. The number of hydrogen-bond acceptors (Lipinski definition) is 4. The quantitative estimate of drug-likeness (QED) is 0.839. The van der Waals surface area contributed by atoms with Crippen molar-refractivity contribution in [2.45, 2.75) is 18.8 Å². The van der Waals surface area contributed by atoms with Crippen molar-refractivity contribution < 1.29 is 14.3 Å². The predicted molar refractivity (Wildman–Crippen MR) is 97.5 cm³/mol. The van der Waals surface area contributed by atoms with Crippen LogP contribution in [0.25, 0.3) is 0 Å². The van der Waals surface area contributed by atoms with Gasteiger partial charge in [-0.3, -0.25) is 4.79 Å². The molecule has 1 amide bonds. The molecule has 1 aliphatic rings. The molecular formula is C18H18ClNO3S. The zero-order valence-corrected chi connectivity index (χ0v) is 14.8. The molecule has 2 atom stereocenters. The van der Waals surface area contributed by atoms with Gasteiger partial charge in [0.25, 0.3) is 5.24 Å². The van der Waals surface area contributed by atoms with E-state index in [-0.39, 0.29) is 11.3 Å². The molecule has 0 aliphatic carbocycles. The second kappa shape index (κ2) is 7.57.